The van der Waals surface area contributed by atoms with Gasteiger partial charge in [0, 0.05) is 32.7 Å². The lowest BCUT2D eigenvalue weighted by Gasteiger charge is -2.46. The number of rotatable bonds is 2. The normalized spacial score (nSPS) is 39.3. The van der Waals surface area contributed by atoms with Crippen LogP contribution in [-0.2, 0) is 0 Å². The molecule has 0 spiro atoms. The molecule has 4 fully saturated rings. The SMILES string of the molecule is C1CNC(c2nc(C3CN4CCN3CC4)no2)C1. The Bertz CT molecular complexity index is 420. The van der Waals surface area contributed by atoms with Crippen LogP contribution in [-0.4, -0.2) is 59.2 Å². The third kappa shape index (κ3) is 1.75. The highest BCUT2D eigenvalue weighted by molar-refractivity contribution is 5.03. The highest BCUT2D eigenvalue weighted by atomic mass is 16.5. The van der Waals surface area contributed by atoms with E-state index in [0.717, 1.165) is 44.3 Å². The Hall–Kier alpha value is -0.980. The van der Waals surface area contributed by atoms with Gasteiger partial charge in [-0.25, -0.2) is 0 Å². The van der Waals surface area contributed by atoms with E-state index in [1.807, 2.05) is 0 Å². The molecule has 0 aliphatic carbocycles. The van der Waals surface area contributed by atoms with E-state index in [0.29, 0.717) is 6.04 Å². The molecular weight excluding hydrogens is 230 g/mol. The Kier molecular flexibility index (Phi) is 2.60. The van der Waals surface area contributed by atoms with Gasteiger partial charge in [0.05, 0.1) is 12.1 Å². The molecule has 5 heterocycles. The van der Waals surface area contributed by atoms with Gasteiger partial charge in [-0.15, -0.1) is 0 Å². The standard InChI is InChI=1S/C12H19N5O/c1-2-9(13-3-1)12-14-11(15-18-12)10-8-16-4-6-17(10)7-5-16/h9-10,13H,1-8H2. The summed E-state index contributed by atoms with van der Waals surface area (Å²) in [6.45, 7) is 6.76. The van der Waals surface area contributed by atoms with E-state index in [-0.39, 0.29) is 6.04 Å². The van der Waals surface area contributed by atoms with Crippen molar-refractivity contribution in [2.24, 2.45) is 0 Å². The molecular formula is C12H19N5O. The van der Waals surface area contributed by atoms with Crippen LogP contribution in [0.15, 0.2) is 4.52 Å². The fourth-order valence-corrected chi connectivity index (χ4v) is 3.28. The Morgan fingerprint density at radius 3 is 2.78 bits per heavy atom. The molecule has 98 valence electrons. The Balaban J connectivity index is 1.54. The molecule has 5 rings (SSSR count). The molecule has 1 N–H and O–H groups in total. The molecule has 18 heavy (non-hydrogen) atoms. The fraction of sp³-hybridized carbons (Fsp3) is 0.833. The van der Waals surface area contributed by atoms with Crippen LogP contribution >= 0.6 is 0 Å². The summed E-state index contributed by atoms with van der Waals surface area (Å²) in [7, 11) is 0. The Morgan fingerprint density at radius 1 is 1.22 bits per heavy atom. The van der Waals surface area contributed by atoms with Gasteiger partial charge in [0.2, 0.25) is 5.89 Å². The van der Waals surface area contributed by atoms with E-state index in [9.17, 15) is 0 Å². The van der Waals surface area contributed by atoms with E-state index in [1.54, 1.807) is 0 Å². The van der Waals surface area contributed by atoms with Crippen LogP contribution in [0.1, 0.15) is 36.6 Å². The number of nitrogens with one attached hydrogen (secondary N) is 1. The maximum absolute atomic E-state index is 5.44. The molecule has 0 aromatic carbocycles. The monoisotopic (exact) mass is 249 g/mol. The summed E-state index contributed by atoms with van der Waals surface area (Å²) in [6, 6.07) is 0.619. The molecule has 4 aliphatic rings. The fourth-order valence-electron chi connectivity index (χ4n) is 3.28. The second kappa shape index (κ2) is 4.29. The summed E-state index contributed by atoms with van der Waals surface area (Å²) in [5.41, 5.74) is 0. The predicted octanol–water partition coefficient (Wildman–Crippen LogP) is 0.166. The van der Waals surface area contributed by atoms with Gasteiger partial charge in [-0.05, 0) is 19.4 Å². The Morgan fingerprint density at radius 2 is 2.11 bits per heavy atom. The zero-order valence-electron chi connectivity index (χ0n) is 10.5. The first kappa shape index (κ1) is 10.9. The van der Waals surface area contributed by atoms with Crippen LogP contribution in [0.5, 0.6) is 0 Å². The van der Waals surface area contributed by atoms with Crippen molar-refractivity contribution in [2.45, 2.75) is 24.9 Å². The molecule has 0 radical (unpaired) electrons. The topological polar surface area (TPSA) is 57.4 Å². The van der Waals surface area contributed by atoms with Crippen molar-refractivity contribution in [1.82, 2.24) is 25.3 Å². The van der Waals surface area contributed by atoms with Gasteiger partial charge in [0.1, 0.15) is 0 Å². The van der Waals surface area contributed by atoms with Crippen molar-refractivity contribution in [1.29, 1.82) is 0 Å². The molecule has 2 unspecified atom stereocenters. The number of hydrogen-bond donors (Lipinski definition) is 1. The van der Waals surface area contributed by atoms with Gasteiger partial charge in [0.15, 0.2) is 5.82 Å². The predicted molar refractivity (Wildman–Crippen MR) is 65.0 cm³/mol. The lowest BCUT2D eigenvalue weighted by molar-refractivity contribution is 0.00781. The zero-order chi connectivity index (χ0) is 11.9. The molecule has 6 heteroatoms. The van der Waals surface area contributed by atoms with Crippen molar-refractivity contribution < 1.29 is 4.52 Å². The third-order valence-electron chi connectivity index (χ3n) is 4.39. The van der Waals surface area contributed by atoms with Crippen LogP contribution < -0.4 is 5.32 Å². The molecule has 2 atom stereocenters. The second-order valence-corrected chi connectivity index (χ2v) is 5.49. The number of piperazine rings is 3. The van der Waals surface area contributed by atoms with Crippen LogP contribution in [0.25, 0.3) is 0 Å². The lowest BCUT2D eigenvalue weighted by Crippen LogP contribution is -2.57. The number of hydrogen-bond acceptors (Lipinski definition) is 6. The quantitative estimate of drug-likeness (QED) is 0.806. The largest absolute Gasteiger partial charge is 0.338 e. The molecule has 4 saturated heterocycles. The van der Waals surface area contributed by atoms with Crippen LogP contribution in [0.2, 0.25) is 0 Å². The number of nitrogens with zero attached hydrogens (tertiary/aromatic N) is 4. The molecule has 1 aromatic heterocycles. The molecule has 2 bridgehead atoms. The third-order valence-corrected chi connectivity index (χ3v) is 4.39. The van der Waals surface area contributed by atoms with Crippen molar-refractivity contribution in [3.05, 3.63) is 11.7 Å². The van der Waals surface area contributed by atoms with Gasteiger partial charge in [0.25, 0.3) is 0 Å². The van der Waals surface area contributed by atoms with Crippen molar-refractivity contribution in [3.63, 3.8) is 0 Å². The van der Waals surface area contributed by atoms with E-state index in [4.69, 9.17) is 4.52 Å². The van der Waals surface area contributed by atoms with Crippen molar-refractivity contribution >= 4 is 0 Å². The maximum Gasteiger partial charge on any atom is 0.243 e. The number of fused-ring (bicyclic) bond motifs is 3. The first-order valence-electron chi connectivity index (χ1n) is 6.93. The summed E-state index contributed by atoms with van der Waals surface area (Å²) >= 11 is 0. The van der Waals surface area contributed by atoms with Crippen molar-refractivity contribution in [3.8, 4) is 0 Å². The van der Waals surface area contributed by atoms with E-state index >= 15 is 0 Å². The minimum Gasteiger partial charge on any atom is -0.338 e. The zero-order valence-corrected chi connectivity index (χ0v) is 10.5. The van der Waals surface area contributed by atoms with E-state index < -0.39 is 0 Å². The minimum atomic E-state index is 0.280. The molecule has 0 saturated carbocycles. The van der Waals surface area contributed by atoms with Gasteiger partial charge in [-0.2, -0.15) is 4.98 Å². The van der Waals surface area contributed by atoms with Gasteiger partial charge in [-0.3, -0.25) is 9.80 Å². The smallest absolute Gasteiger partial charge is 0.243 e. The first-order chi connectivity index (χ1) is 8.90. The average Bonchev–Trinajstić information content (AvgIpc) is 3.11. The molecule has 0 amide bonds. The second-order valence-electron chi connectivity index (χ2n) is 5.49. The van der Waals surface area contributed by atoms with Gasteiger partial charge >= 0.3 is 0 Å². The summed E-state index contributed by atoms with van der Waals surface area (Å²) in [6.07, 6.45) is 2.31. The summed E-state index contributed by atoms with van der Waals surface area (Å²) in [4.78, 5) is 9.60. The lowest BCUT2D eigenvalue weighted by atomic mass is 10.1. The molecule has 6 nitrogen and oxygen atoms in total. The van der Waals surface area contributed by atoms with Crippen LogP contribution in [0, 0.1) is 0 Å². The highest BCUT2D eigenvalue weighted by Crippen LogP contribution is 2.28. The van der Waals surface area contributed by atoms with Gasteiger partial charge < -0.3 is 9.84 Å². The van der Waals surface area contributed by atoms with E-state index in [2.05, 4.69) is 25.3 Å². The average molecular weight is 249 g/mol. The maximum atomic E-state index is 5.44. The summed E-state index contributed by atoms with van der Waals surface area (Å²) < 4.78 is 5.44. The first-order valence-corrected chi connectivity index (χ1v) is 6.93. The molecule has 4 aliphatic heterocycles. The van der Waals surface area contributed by atoms with Gasteiger partial charge in [-0.1, -0.05) is 5.16 Å². The van der Waals surface area contributed by atoms with E-state index in [1.165, 1.54) is 19.5 Å². The summed E-state index contributed by atoms with van der Waals surface area (Å²) in [5, 5.41) is 7.61. The minimum absolute atomic E-state index is 0.280. The summed E-state index contributed by atoms with van der Waals surface area (Å²) in [5.74, 6) is 1.66. The van der Waals surface area contributed by atoms with Crippen LogP contribution in [0.4, 0.5) is 0 Å². The molecule has 1 aromatic rings. The number of aromatic nitrogens is 2. The highest BCUT2D eigenvalue weighted by Gasteiger charge is 2.36. The Labute approximate surface area is 106 Å². The van der Waals surface area contributed by atoms with Crippen molar-refractivity contribution in [2.75, 3.05) is 39.3 Å². The van der Waals surface area contributed by atoms with Crippen LogP contribution in [0.3, 0.4) is 0 Å².